The zero-order valence-electron chi connectivity index (χ0n) is 12.2. The number of aromatic nitrogens is 1. The second-order valence-corrected chi connectivity index (χ2v) is 5.73. The average Bonchev–Trinajstić information content (AvgIpc) is 3.01. The molecule has 0 aromatic heterocycles. The van der Waals surface area contributed by atoms with Crippen LogP contribution in [0.4, 0.5) is 0 Å². The van der Waals surface area contributed by atoms with Crippen LogP contribution in [0.1, 0.15) is 0 Å². The number of hydrogen-bond acceptors (Lipinski definition) is 1. The number of halogens is 1. The molecule has 0 bridgehead atoms. The maximum atomic E-state index is 9.89. The van der Waals surface area contributed by atoms with E-state index in [-0.39, 0.29) is 12.4 Å². The smallest absolute Gasteiger partial charge is 0.116 e. The number of fused-ring (bicyclic) bond motifs is 7. The molecule has 3 aromatic carbocycles. The first-order valence-corrected chi connectivity index (χ1v) is 7.36. The van der Waals surface area contributed by atoms with Gasteiger partial charge in [-0.25, -0.2) is 0 Å². The molecular weight excluding hydrogens is 306 g/mol. The highest BCUT2D eigenvalue weighted by atomic mass is 35.5. The van der Waals surface area contributed by atoms with Crippen molar-refractivity contribution in [1.82, 2.24) is 4.98 Å². The van der Waals surface area contributed by atoms with E-state index in [0.29, 0.717) is 5.75 Å². The fraction of sp³-hybridized carbons (Fsp3) is 0. The minimum Gasteiger partial charge on any atom is -0.508 e. The average molecular weight is 320 g/mol. The second-order valence-electron chi connectivity index (χ2n) is 5.73. The van der Waals surface area contributed by atoms with E-state index in [0.717, 1.165) is 27.4 Å². The molecule has 0 unspecified atom stereocenters. The minimum atomic E-state index is 0. The molecule has 3 aromatic rings. The highest BCUT2D eigenvalue weighted by molar-refractivity contribution is 6.25. The lowest BCUT2D eigenvalue weighted by Crippen LogP contribution is -1.88. The van der Waals surface area contributed by atoms with Gasteiger partial charge < -0.3 is 10.1 Å². The largest absolute Gasteiger partial charge is 0.508 e. The Balaban J connectivity index is 0.00000135. The molecule has 0 saturated carbocycles. The fourth-order valence-electron chi connectivity index (χ4n) is 3.45. The van der Waals surface area contributed by atoms with Crippen LogP contribution in [0.15, 0.2) is 66.7 Å². The number of nitrogens with one attached hydrogen (secondary N) is 1. The zero-order valence-corrected chi connectivity index (χ0v) is 13.0. The van der Waals surface area contributed by atoms with Gasteiger partial charge >= 0.3 is 0 Å². The number of H-pyrrole nitrogens is 1. The Morgan fingerprint density at radius 1 is 0.652 bits per heavy atom. The summed E-state index contributed by atoms with van der Waals surface area (Å²) in [4.78, 5) is 3.58. The van der Waals surface area contributed by atoms with Crippen LogP contribution in [-0.4, -0.2) is 10.1 Å². The normalized spacial score (nSPS) is 11.3. The van der Waals surface area contributed by atoms with E-state index in [1.54, 1.807) is 6.07 Å². The highest BCUT2D eigenvalue weighted by Gasteiger charge is 2.12. The number of hydrogen-bond donors (Lipinski definition) is 2. The predicted molar refractivity (Wildman–Crippen MR) is 98.8 cm³/mol. The van der Waals surface area contributed by atoms with Crippen molar-refractivity contribution < 1.29 is 5.11 Å². The maximum absolute atomic E-state index is 9.89. The SMILES string of the molecule is Cl.Oc1ccc2c(c1)c1ccccc1c1[nH]c3cccc-3cc21. The van der Waals surface area contributed by atoms with Gasteiger partial charge in [0.1, 0.15) is 5.75 Å². The third-order valence-corrected chi connectivity index (χ3v) is 4.46. The van der Waals surface area contributed by atoms with Gasteiger partial charge in [-0.2, -0.15) is 0 Å². The molecule has 1 aliphatic heterocycles. The summed E-state index contributed by atoms with van der Waals surface area (Å²) in [6.07, 6.45) is 0. The van der Waals surface area contributed by atoms with Crippen LogP contribution in [0.3, 0.4) is 0 Å². The van der Waals surface area contributed by atoms with Gasteiger partial charge in [-0.1, -0.05) is 42.5 Å². The Morgan fingerprint density at radius 2 is 1.43 bits per heavy atom. The predicted octanol–water partition coefficient (Wildman–Crippen LogP) is 5.71. The van der Waals surface area contributed by atoms with Gasteiger partial charge in [0.2, 0.25) is 0 Å². The fourth-order valence-corrected chi connectivity index (χ4v) is 3.45. The number of benzene rings is 3. The molecule has 1 heterocycles. The van der Waals surface area contributed by atoms with E-state index in [2.05, 4.69) is 47.4 Å². The van der Waals surface area contributed by atoms with Gasteiger partial charge in [0.25, 0.3) is 0 Å². The summed E-state index contributed by atoms with van der Waals surface area (Å²) in [5.41, 5.74) is 3.50. The molecule has 2 N–H and O–H groups in total. The van der Waals surface area contributed by atoms with Gasteiger partial charge in [-0.3, -0.25) is 0 Å². The summed E-state index contributed by atoms with van der Waals surface area (Å²) in [7, 11) is 0. The maximum Gasteiger partial charge on any atom is 0.116 e. The van der Waals surface area contributed by atoms with Crippen LogP contribution >= 0.6 is 12.4 Å². The van der Waals surface area contributed by atoms with Gasteiger partial charge in [-0.15, -0.1) is 12.4 Å². The lowest BCUT2D eigenvalue weighted by molar-refractivity contribution is 0.476. The van der Waals surface area contributed by atoms with Crippen molar-refractivity contribution in [2.45, 2.75) is 0 Å². The van der Waals surface area contributed by atoms with Crippen LogP contribution in [0.25, 0.3) is 43.7 Å². The summed E-state index contributed by atoms with van der Waals surface area (Å²) in [5, 5.41) is 15.7. The molecule has 23 heavy (non-hydrogen) atoms. The van der Waals surface area contributed by atoms with Crippen LogP contribution in [0.5, 0.6) is 5.75 Å². The van der Waals surface area contributed by atoms with Crippen LogP contribution in [0.2, 0.25) is 0 Å². The van der Waals surface area contributed by atoms with Crippen LogP contribution in [0, 0.1) is 0 Å². The molecule has 0 amide bonds. The second kappa shape index (κ2) is 4.90. The number of phenolic OH excluding ortho intramolecular Hbond substituents is 1. The van der Waals surface area contributed by atoms with Gasteiger partial charge in [0, 0.05) is 16.5 Å². The Bertz CT molecular complexity index is 1140. The van der Waals surface area contributed by atoms with Gasteiger partial charge in [-0.05, 0) is 46.0 Å². The quantitative estimate of drug-likeness (QED) is 0.352. The minimum absolute atomic E-state index is 0. The molecule has 0 saturated heterocycles. The number of pyridine rings is 1. The van der Waals surface area contributed by atoms with Crippen molar-refractivity contribution in [3.05, 3.63) is 66.7 Å². The van der Waals surface area contributed by atoms with Crippen molar-refractivity contribution in [3.8, 4) is 17.0 Å². The molecule has 3 heteroatoms. The molecule has 5 rings (SSSR count). The van der Waals surface area contributed by atoms with E-state index in [4.69, 9.17) is 0 Å². The third-order valence-electron chi connectivity index (χ3n) is 4.46. The molecule has 0 fully saturated rings. The Kier molecular flexibility index (Phi) is 2.97. The van der Waals surface area contributed by atoms with Crippen LogP contribution < -0.4 is 0 Å². The molecule has 2 aliphatic rings. The van der Waals surface area contributed by atoms with Crippen molar-refractivity contribution in [2.75, 3.05) is 0 Å². The summed E-state index contributed by atoms with van der Waals surface area (Å²) in [6, 6.07) is 22.5. The first-order chi connectivity index (χ1) is 10.8. The molecule has 1 aliphatic carbocycles. The number of rotatable bonds is 0. The Morgan fingerprint density at radius 3 is 2.30 bits per heavy atom. The first-order valence-electron chi connectivity index (χ1n) is 7.36. The molecule has 2 nitrogen and oxygen atoms in total. The lowest BCUT2D eigenvalue weighted by atomic mass is 9.96. The van der Waals surface area contributed by atoms with E-state index < -0.39 is 0 Å². The molecule has 112 valence electrons. The van der Waals surface area contributed by atoms with Crippen molar-refractivity contribution in [3.63, 3.8) is 0 Å². The Hall–Kier alpha value is -2.71. The summed E-state index contributed by atoms with van der Waals surface area (Å²) >= 11 is 0. The summed E-state index contributed by atoms with van der Waals surface area (Å²) < 4.78 is 0. The van der Waals surface area contributed by atoms with Crippen molar-refractivity contribution >= 4 is 44.9 Å². The summed E-state index contributed by atoms with van der Waals surface area (Å²) in [6.45, 7) is 0. The first kappa shape index (κ1) is 13.9. The molecule has 0 spiro atoms. The van der Waals surface area contributed by atoms with E-state index in [1.165, 1.54) is 16.3 Å². The topological polar surface area (TPSA) is 36.0 Å². The zero-order chi connectivity index (χ0) is 14.7. The van der Waals surface area contributed by atoms with Crippen molar-refractivity contribution in [1.29, 1.82) is 0 Å². The molecule has 0 radical (unpaired) electrons. The van der Waals surface area contributed by atoms with E-state index in [9.17, 15) is 5.11 Å². The van der Waals surface area contributed by atoms with E-state index in [1.807, 2.05) is 18.2 Å². The lowest BCUT2D eigenvalue weighted by Gasteiger charge is -2.13. The number of aromatic hydroxyl groups is 1. The molecule has 0 atom stereocenters. The monoisotopic (exact) mass is 319 g/mol. The van der Waals surface area contributed by atoms with Crippen molar-refractivity contribution in [2.24, 2.45) is 0 Å². The Labute approximate surface area is 139 Å². The molecular formula is C20H14ClNO. The third kappa shape index (κ3) is 1.89. The number of phenols is 1. The van der Waals surface area contributed by atoms with E-state index >= 15 is 0 Å². The van der Waals surface area contributed by atoms with Gasteiger partial charge in [0.05, 0.1) is 5.52 Å². The standard InChI is InChI=1S/C20H13NO.ClH/c22-13-8-9-15-17(11-13)14-5-1-2-6-16(14)20-18(15)10-12-4-3-7-19(12)21-20;/h1-11,21-22H;1H. The van der Waals surface area contributed by atoms with Crippen LogP contribution in [-0.2, 0) is 0 Å². The van der Waals surface area contributed by atoms with Gasteiger partial charge in [0.15, 0.2) is 0 Å². The number of aromatic amines is 1. The highest BCUT2D eigenvalue weighted by Crippen LogP contribution is 2.38. The summed E-state index contributed by atoms with van der Waals surface area (Å²) in [5.74, 6) is 0.301.